The number of hydrogen-bond acceptors (Lipinski definition) is 3. The Morgan fingerprint density at radius 2 is 1.85 bits per heavy atom. The Morgan fingerprint density at radius 1 is 1.15 bits per heavy atom. The molecule has 0 saturated carbocycles. The second-order valence-electron chi connectivity index (χ2n) is 3.86. The number of pyridine rings is 1. The first-order valence-corrected chi connectivity index (χ1v) is 6.41. The summed E-state index contributed by atoms with van der Waals surface area (Å²) in [7, 11) is 1.47. The van der Waals surface area contributed by atoms with Gasteiger partial charge in [-0.05, 0) is 24.3 Å². The molecule has 0 spiro atoms. The van der Waals surface area contributed by atoms with Crippen LogP contribution in [0.5, 0.6) is 0 Å². The normalized spacial score (nSPS) is 11.4. The molecule has 2 aromatic rings. The van der Waals surface area contributed by atoms with E-state index in [-0.39, 0.29) is 15.7 Å². The molecule has 1 aromatic heterocycles. The van der Waals surface area contributed by atoms with E-state index in [4.69, 9.17) is 0 Å². The summed E-state index contributed by atoms with van der Waals surface area (Å²) in [6.45, 7) is 0. The third-order valence-corrected chi connectivity index (χ3v) is 3.41. The molecule has 0 radical (unpaired) electrons. The number of rotatable bonds is 3. The Hall–Kier alpha value is -1.76. The van der Waals surface area contributed by atoms with Gasteiger partial charge in [0.2, 0.25) is 0 Å². The molecule has 0 saturated heterocycles. The maximum Gasteiger partial charge on any atom is 0.416 e. The predicted molar refractivity (Wildman–Crippen MR) is 69.3 cm³/mol. The summed E-state index contributed by atoms with van der Waals surface area (Å²) in [6, 6.07) is 7.66. The highest BCUT2D eigenvalue weighted by atomic mass is 32.2. The Labute approximate surface area is 117 Å². The van der Waals surface area contributed by atoms with Crippen LogP contribution in [0.4, 0.5) is 23.4 Å². The second kappa shape index (κ2) is 5.70. The van der Waals surface area contributed by atoms with Crippen molar-refractivity contribution >= 4 is 17.6 Å². The average Bonchev–Trinajstić information content (AvgIpc) is 2.40. The van der Waals surface area contributed by atoms with Crippen molar-refractivity contribution in [2.24, 2.45) is 0 Å². The first-order valence-electron chi connectivity index (χ1n) is 5.59. The SMILES string of the molecule is CNc1cc(C(F)(F)F)cc(Sc2ccccc2F)n1. The predicted octanol–water partition coefficient (Wildman–Crippen LogP) is 4.43. The Balaban J connectivity index is 2.39. The van der Waals surface area contributed by atoms with Crippen molar-refractivity contribution < 1.29 is 17.6 Å². The molecule has 0 amide bonds. The maximum absolute atomic E-state index is 13.5. The molecule has 2 rings (SSSR count). The van der Waals surface area contributed by atoms with Crippen molar-refractivity contribution in [2.45, 2.75) is 16.1 Å². The van der Waals surface area contributed by atoms with E-state index >= 15 is 0 Å². The van der Waals surface area contributed by atoms with Gasteiger partial charge < -0.3 is 5.32 Å². The van der Waals surface area contributed by atoms with E-state index in [0.717, 1.165) is 23.9 Å². The molecule has 0 unspecified atom stereocenters. The van der Waals surface area contributed by atoms with Gasteiger partial charge >= 0.3 is 6.18 Å². The van der Waals surface area contributed by atoms with Crippen LogP contribution in [0.25, 0.3) is 0 Å². The van der Waals surface area contributed by atoms with Crippen molar-refractivity contribution in [2.75, 3.05) is 12.4 Å². The van der Waals surface area contributed by atoms with Gasteiger partial charge in [0, 0.05) is 11.9 Å². The Kier molecular flexibility index (Phi) is 4.17. The summed E-state index contributed by atoms with van der Waals surface area (Å²) < 4.78 is 51.8. The van der Waals surface area contributed by atoms with Gasteiger partial charge in [0.15, 0.2) is 0 Å². The summed E-state index contributed by atoms with van der Waals surface area (Å²) in [5.41, 5.74) is -0.823. The molecule has 0 bridgehead atoms. The molecule has 106 valence electrons. The van der Waals surface area contributed by atoms with Crippen LogP contribution in [0.3, 0.4) is 0 Å². The van der Waals surface area contributed by atoms with Gasteiger partial charge in [0.05, 0.1) is 5.56 Å². The van der Waals surface area contributed by atoms with E-state index in [1.807, 2.05) is 0 Å². The van der Waals surface area contributed by atoms with E-state index in [1.54, 1.807) is 6.07 Å². The fraction of sp³-hybridized carbons (Fsp3) is 0.154. The number of nitrogens with zero attached hydrogens (tertiary/aromatic N) is 1. The molecule has 1 N–H and O–H groups in total. The fourth-order valence-corrected chi connectivity index (χ4v) is 2.36. The minimum absolute atomic E-state index is 0.0780. The lowest BCUT2D eigenvalue weighted by Crippen LogP contribution is -2.07. The molecule has 20 heavy (non-hydrogen) atoms. The molecule has 0 atom stereocenters. The second-order valence-corrected chi connectivity index (χ2v) is 4.92. The molecule has 0 aliphatic rings. The van der Waals surface area contributed by atoms with Gasteiger partial charge in [-0.2, -0.15) is 13.2 Å². The molecule has 0 aliphatic carbocycles. The van der Waals surface area contributed by atoms with Crippen molar-refractivity contribution in [1.29, 1.82) is 0 Å². The van der Waals surface area contributed by atoms with Crippen LogP contribution < -0.4 is 5.32 Å². The summed E-state index contributed by atoms with van der Waals surface area (Å²) >= 11 is 0.848. The lowest BCUT2D eigenvalue weighted by Gasteiger charge is -2.11. The first kappa shape index (κ1) is 14.6. The van der Waals surface area contributed by atoms with Crippen LogP contribution in [0.1, 0.15) is 5.56 Å². The van der Waals surface area contributed by atoms with Gasteiger partial charge in [-0.25, -0.2) is 9.37 Å². The van der Waals surface area contributed by atoms with Crippen molar-refractivity contribution in [1.82, 2.24) is 4.98 Å². The lowest BCUT2D eigenvalue weighted by atomic mass is 10.2. The van der Waals surface area contributed by atoms with Crippen LogP contribution in [0.15, 0.2) is 46.3 Å². The Bertz CT molecular complexity index is 614. The summed E-state index contributed by atoms with van der Waals surface area (Å²) in [5.74, 6) is -0.415. The van der Waals surface area contributed by atoms with Crippen LogP contribution >= 0.6 is 11.8 Å². The zero-order valence-electron chi connectivity index (χ0n) is 10.3. The molecular weight excluding hydrogens is 292 g/mol. The number of hydrogen-bond donors (Lipinski definition) is 1. The van der Waals surface area contributed by atoms with Crippen molar-refractivity contribution in [3.05, 3.63) is 47.8 Å². The number of halogens is 4. The number of alkyl halides is 3. The summed E-state index contributed by atoms with van der Waals surface area (Å²) in [4.78, 5) is 4.21. The smallest absolute Gasteiger partial charge is 0.373 e. The largest absolute Gasteiger partial charge is 0.416 e. The number of aromatic nitrogens is 1. The average molecular weight is 302 g/mol. The van der Waals surface area contributed by atoms with E-state index < -0.39 is 17.6 Å². The minimum atomic E-state index is -4.47. The van der Waals surface area contributed by atoms with E-state index in [2.05, 4.69) is 10.3 Å². The number of anilines is 1. The maximum atomic E-state index is 13.5. The van der Waals surface area contributed by atoms with Crippen LogP contribution in [0.2, 0.25) is 0 Å². The molecular formula is C13H10F4N2S. The Morgan fingerprint density at radius 3 is 2.45 bits per heavy atom. The van der Waals surface area contributed by atoms with Crippen molar-refractivity contribution in [3.63, 3.8) is 0 Å². The van der Waals surface area contributed by atoms with Gasteiger partial charge in [-0.3, -0.25) is 0 Å². The highest BCUT2D eigenvalue weighted by Gasteiger charge is 2.31. The van der Waals surface area contributed by atoms with Gasteiger partial charge in [-0.1, -0.05) is 23.9 Å². The van der Waals surface area contributed by atoms with Crippen molar-refractivity contribution in [3.8, 4) is 0 Å². The quantitative estimate of drug-likeness (QED) is 0.849. The molecule has 7 heteroatoms. The number of benzene rings is 1. The highest BCUT2D eigenvalue weighted by molar-refractivity contribution is 7.99. The third-order valence-electron chi connectivity index (χ3n) is 2.44. The minimum Gasteiger partial charge on any atom is -0.373 e. The fourth-order valence-electron chi connectivity index (χ4n) is 1.49. The van der Waals surface area contributed by atoms with Gasteiger partial charge in [0.25, 0.3) is 0 Å². The third kappa shape index (κ3) is 3.41. The highest BCUT2D eigenvalue weighted by Crippen LogP contribution is 2.35. The van der Waals surface area contributed by atoms with Gasteiger partial charge in [-0.15, -0.1) is 0 Å². The van der Waals surface area contributed by atoms with E-state index in [0.29, 0.717) is 0 Å². The topological polar surface area (TPSA) is 24.9 Å². The molecule has 0 aliphatic heterocycles. The van der Waals surface area contributed by atoms with Crippen LogP contribution in [0, 0.1) is 5.82 Å². The first-order chi connectivity index (χ1) is 9.40. The van der Waals surface area contributed by atoms with E-state index in [9.17, 15) is 17.6 Å². The molecule has 1 aromatic carbocycles. The lowest BCUT2D eigenvalue weighted by molar-refractivity contribution is -0.137. The molecule has 2 nitrogen and oxygen atoms in total. The summed E-state index contributed by atoms with van der Waals surface area (Å²) in [5, 5.41) is 2.64. The zero-order chi connectivity index (χ0) is 14.8. The summed E-state index contributed by atoms with van der Waals surface area (Å²) in [6.07, 6.45) is -4.47. The molecule has 0 fully saturated rings. The van der Waals surface area contributed by atoms with E-state index in [1.165, 1.54) is 25.2 Å². The van der Waals surface area contributed by atoms with Gasteiger partial charge in [0.1, 0.15) is 16.7 Å². The molecule has 1 heterocycles. The van der Waals surface area contributed by atoms with Crippen LogP contribution in [-0.4, -0.2) is 12.0 Å². The van der Waals surface area contributed by atoms with Crippen LogP contribution in [-0.2, 0) is 6.18 Å². The standard InChI is InChI=1S/C13H10F4N2S/c1-18-11-6-8(13(15,16)17)7-12(19-11)20-10-5-3-2-4-9(10)14/h2-7H,1H3,(H,18,19). The monoisotopic (exact) mass is 302 g/mol. The number of nitrogens with one attached hydrogen (secondary N) is 1. The zero-order valence-corrected chi connectivity index (χ0v) is 11.1.